The first-order chi connectivity index (χ1) is 7.90. The van der Waals surface area contributed by atoms with Crippen molar-refractivity contribution in [1.29, 1.82) is 0 Å². The highest BCUT2D eigenvalue weighted by Crippen LogP contribution is 2.48. The predicted octanol–water partition coefficient (Wildman–Crippen LogP) is 1.13. The molecule has 0 aromatic carbocycles. The summed E-state index contributed by atoms with van der Waals surface area (Å²) in [6.45, 7) is 0.337. The number of likely N-dealkylation sites (tertiary alicyclic amines) is 1. The van der Waals surface area contributed by atoms with Crippen LogP contribution in [0.4, 0.5) is 8.78 Å². The van der Waals surface area contributed by atoms with Gasteiger partial charge in [-0.2, -0.15) is 0 Å². The van der Waals surface area contributed by atoms with E-state index in [0.717, 1.165) is 12.2 Å². The first kappa shape index (κ1) is 12.0. The fourth-order valence-corrected chi connectivity index (χ4v) is 2.63. The molecular formula is C11H13F2NO3. The van der Waals surface area contributed by atoms with Gasteiger partial charge in [-0.3, -0.25) is 4.79 Å². The Kier molecular flexibility index (Phi) is 2.89. The zero-order chi connectivity index (χ0) is 12.6. The second kappa shape index (κ2) is 4.09. The van der Waals surface area contributed by atoms with Crippen LogP contribution in [0.3, 0.4) is 0 Å². The van der Waals surface area contributed by atoms with Gasteiger partial charge in [-0.1, -0.05) is 0 Å². The maximum absolute atomic E-state index is 13.4. The Labute approximate surface area is 96.9 Å². The quantitative estimate of drug-likeness (QED) is 0.742. The van der Waals surface area contributed by atoms with Gasteiger partial charge in [0.25, 0.3) is 5.92 Å². The number of fused-ring (bicyclic) bond motifs is 1. The molecule has 1 saturated heterocycles. The Bertz CT molecular complexity index is 381. The number of hydrogen-bond acceptors (Lipinski definition) is 2. The molecule has 6 heteroatoms. The van der Waals surface area contributed by atoms with Crippen molar-refractivity contribution >= 4 is 11.9 Å². The summed E-state index contributed by atoms with van der Waals surface area (Å²) in [5.41, 5.74) is 0. The number of carboxylic acids is 1. The largest absolute Gasteiger partial charge is 0.478 e. The van der Waals surface area contributed by atoms with E-state index in [2.05, 4.69) is 0 Å². The molecule has 2 fully saturated rings. The molecule has 0 radical (unpaired) electrons. The Balaban J connectivity index is 1.99. The number of nitrogens with zero attached hydrogens (tertiary/aromatic N) is 1. The Morgan fingerprint density at radius 2 is 2.00 bits per heavy atom. The summed E-state index contributed by atoms with van der Waals surface area (Å²) in [7, 11) is 0. The van der Waals surface area contributed by atoms with Gasteiger partial charge in [-0.15, -0.1) is 0 Å². The first-order valence-electron chi connectivity index (χ1n) is 5.48. The van der Waals surface area contributed by atoms with E-state index < -0.39 is 23.7 Å². The highest BCUT2D eigenvalue weighted by molar-refractivity contribution is 5.94. The minimum atomic E-state index is -2.68. The minimum absolute atomic E-state index is 0.0282. The minimum Gasteiger partial charge on any atom is -0.478 e. The molecule has 17 heavy (non-hydrogen) atoms. The van der Waals surface area contributed by atoms with Gasteiger partial charge in [0.15, 0.2) is 0 Å². The van der Waals surface area contributed by atoms with Crippen molar-refractivity contribution < 1.29 is 23.5 Å². The van der Waals surface area contributed by atoms with Gasteiger partial charge in [-0.25, -0.2) is 13.6 Å². The standard InChI is InChI=1S/C11H13F2NO3/c12-11(13)4-3-7-5-14(6-8(7)11)9(15)1-2-10(16)17/h1-2,7-8H,3-6H2,(H,16,17)/b2-1+/t7-,8+/m1/s1. The molecule has 1 saturated carbocycles. The molecule has 1 N–H and O–H groups in total. The van der Waals surface area contributed by atoms with Crippen molar-refractivity contribution in [3.63, 3.8) is 0 Å². The van der Waals surface area contributed by atoms with Gasteiger partial charge in [0.05, 0.1) is 0 Å². The summed E-state index contributed by atoms with van der Waals surface area (Å²) in [5, 5.41) is 8.37. The van der Waals surface area contributed by atoms with E-state index in [1.165, 1.54) is 4.90 Å². The van der Waals surface area contributed by atoms with Crippen molar-refractivity contribution in [3.05, 3.63) is 12.2 Å². The van der Waals surface area contributed by atoms with Crippen molar-refractivity contribution in [2.24, 2.45) is 11.8 Å². The molecule has 2 aliphatic rings. The van der Waals surface area contributed by atoms with E-state index >= 15 is 0 Å². The molecule has 4 nitrogen and oxygen atoms in total. The lowest BCUT2D eigenvalue weighted by Gasteiger charge is -2.19. The zero-order valence-corrected chi connectivity index (χ0v) is 9.10. The number of hydrogen-bond donors (Lipinski definition) is 1. The van der Waals surface area contributed by atoms with E-state index in [-0.39, 0.29) is 18.9 Å². The van der Waals surface area contributed by atoms with E-state index in [0.29, 0.717) is 13.0 Å². The van der Waals surface area contributed by atoms with Crippen LogP contribution in [-0.2, 0) is 9.59 Å². The topological polar surface area (TPSA) is 57.6 Å². The van der Waals surface area contributed by atoms with Gasteiger partial charge in [0.2, 0.25) is 5.91 Å². The molecule has 1 aliphatic carbocycles. The van der Waals surface area contributed by atoms with Gasteiger partial charge < -0.3 is 10.0 Å². The number of rotatable bonds is 2. The number of aliphatic carboxylic acids is 1. The lowest BCUT2D eigenvalue weighted by atomic mass is 9.99. The van der Waals surface area contributed by atoms with Crippen molar-refractivity contribution in [3.8, 4) is 0 Å². The monoisotopic (exact) mass is 245 g/mol. The summed E-state index contributed by atoms with van der Waals surface area (Å²) in [5.74, 6) is -5.31. The van der Waals surface area contributed by atoms with E-state index in [4.69, 9.17) is 5.11 Å². The average molecular weight is 245 g/mol. The Morgan fingerprint density at radius 3 is 2.59 bits per heavy atom. The molecule has 0 bridgehead atoms. The molecular weight excluding hydrogens is 232 g/mol. The van der Waals surface area contributed by atoms with Crippen LogP contribution in [0.2, 0.25) is 0 Å². The molecule has 2 atom stereocenters. The molecule has 0 aromatic heterocycles. The fraction of sp³-hybridized carbons (Fsp3) is 0.636. The van der Waals surface area contributed by atoms with E-state index in [9.17, 15) is 18.4 Å². The third-order valence-electron chi connectivity index (χ3n) is 3.51. The summed E-state index contributed by atoms with van der Waals surface area (Å²) >= 11 is 0. The van der Waals surface area contributed by atoms with Crippen LogP contribution in [0, 0.1) is 11.8 Å². The van der Waals surface area contributed by atoms with Crippen LogP contribution in [0.1, 0.15) is 12.8 Å². The summed E-state index contributed by atoms with van der Waals surface area (Å²) in [4.78, 5) is 23.1. The molecule has 1 heterocycles. The normalized spacial score (nSPS) is 30.8. The fourth-order valence-electron chi connectivity index (χ4n) is 2.63. The van der Waals surface area contributed by atoms with Crippen molar-refractivity contribution in [2.75, 3.05) is 13.1 Å². The maximum Gasteiger partial charge on any atom is 0.328 e. The maximum atomic E-state index is 13.4. The van der Waals surface area contributed by atoms with Crippen molar-refractivity contribution in [1.82, 2.24) is 4.90 Å². The predicted molar refractivity (Wildman–Crippen MR) is 54.5 cm³/mol. The van der Waals surface area contributed by atoms with Crippen LogP contribution in [0.25, 0.3) is 0 Å². The van der Waals surface area contributed by atoms with Gasteiger partial charge in [-0.05, 0) is 12.3 Å². The first-order valence-corrected chi connectivity index (χ1v) is 5.48. The van der Waals surface area contributed by atoms with Crippen LogP contribution in [-0.4, -0.2) is 40.9 Å². The second-order valence-corrected chi connectivity index (χ2v) is 4.58. The summed E-state index contributed by atoms with van der Waals surface area (Å²) in [6, 6.07) is 0. The number of halogens is 2. The number of amides is 1. The van der Waals surface area contributed by atoms with Crippen LogP contribution in [0.15, 0.2) is 12.2 Å². The van der Waals surface area contributed by atoms with Gasteiger partial charge in [0.1, 0.15) is 0 Å². The van der Waals surface area contributed by atoms with Crippen LogP contribution >= 0.6 is 0 Å². The SMILES string of the molecule is O=C(O)/C=C/C(=O)N1C[C@H]2CCC(F)(F)[C@H]2C1. The average Bonchev–Trinajstić information content (AvgIpc) is 2.77. The number of carboxylic acid groups (broad SMARTS) is 1. The molecule has 94 valence electrons. The lowest BCUT2D eigenvalue weighted by Crippen LogP contribution is -2.32. The third kappa shape index (κ3) is 2.30. The zero-order valence-electron chi connectivity index (χ0n) is 9.10. The number of carbonyl (C=O) groups excluding carboxylic acids is 1. The van der Waals surface area contributed by atoms with Gasteiger partial charge in [0, 0.05) is 37.6 Å². The Hall–Kier alpha value is -1.46. The molecule has 0 spiro atoms. The highest BCUT2D eigenvalue weighted by atomic mass is 19.3. The molecule has 2 rings (SSSR count). The van der Waals surface area contributed by atoms with E-state index in [1.807, 2.05) is 0 Å². The summed E-state index contributed by atoms with van der Waals surface area (Å²) < 4.78 is 26.8. The van der Waals surface area contributed by atoms with Gasteiger partial charge >= 0.3 is 5.97 Å². The number of alkyl halides is 2. The molecule has 1 amide bonds. The number of carbonyl (C=O) groups is 2. The van der Waals surface area contributed by atoms with Crippen LogP contribution < -0.4 is 0 Å². The Morgan fingerprint density at radius 1 is 1.29 bits per heavy atom. The molecule has 0 unspecified atom stereocenters. The molecule has 0 aromatic rings. The second-order valence-electron chi connectivity index (χ2n) is 4.58. The highest BCUT2D eigenvalue weighted by Gasteiger charge is 2.54. The molecule has 1 aliphatic heterocycles. The van der Waals surface area contributed by atoms with Crippen molar-refractivity contribution in [2.45, 2.75) is 18.8 Å². The van der Waals surface area contributed by atoms with Crippen LogP contribution in [0.5, 0.6) is 0 Å². The summed E-state index contributed by atoms with van der Waals surface area (Å²) in [6.07, 6.45) is 1.98. The lowest BCUT2D eigenvalue weighted by molar-refractivity contribution is -0.132. The van der Waals surface area contributed by atoms with E-state index in [1.54, 1.807) is 0 Å². The smallest absolute Gasteiger partial charge is 0.328 e. The third-order valence-corrected chi connectivity index (χ3v) is 3.51.